The molecule has 0 unspecified atom stereocenters. The number of ether oxygens (including phenoxy) is 1. The number of carbonyl (C=O) groups is 1. The molecule has 9 heteroatoms. The normalized spacial score (nSPS) is 14.2. The second-order valence-electron chi connectivity index (χ2n) is 7.82. The quantitative estimate of drug-likeness (QED) is 0.361. The molecule has 1 aliphatic rings. The van der Waals surface area contributed by atoms with Crippen LogP contribution < -0.4 is 4.90 Å². The highest BCUT2D eigenvalue weighted by Crippen LogP contribution is 2.31. The highest BCUT2D eigenvalue weighted by Gasteiger charge is 2.21. The Morgan fingerprint density at radius 1 is 1.21 bits per heavy atom. The minimum atomic E-state index is -0.247. The molecule has 0 aliphatic carbocycles. The monoisotopic (exact) mass is 509 g/mol. The summed E-state index contributed by atoms with van der Waals surface area (Å²) in [5, 5.41) is 0.771. The van der Waals surface area contributed by atoms with E-state index < -0.39 is 0 Å². The summed E-state index contributed by atoms with van der Waals surface area (Å²) in [6.45, 7) is 7.10. The van der Waals surface area contributed by atoms with Crippen LogP contribution in [0, 0.1) is 12.7 Å². The zero-order valence-electron chi connectivity index (χ0n) is 18.7. The van der Waals surface area contributed by atoms with Crippen molar-refractivity contribution in [2.75, 3.05) is 50.0 Å². The van der Waals surface area contributed by atoms with Gasteiger partial charge in [0.1, 0.15) is 5.82 Å². The molecule has 0 atom stereocenters. The van der Waals surface area contributed by atoms with Gasteiger partial charge in [-0.3, -0.25) is 14.6 Å². The smallest absolute Gasteiger partial charge is 0.229 e. The molecular formula is C24H29ClFN3O2S2. The molecular weight excluding hydrogens is 481 g/mol. The van der Waals surface area contributed by atoms with Crippen LogP contribution in [-0.2, 0) is 9.53 Å². The SMILES string of the molecule is Cc1cccc2sc(N(CCCN3CCOCC3)C(=O)CCSc3ccc(F)cc3)nc12.Cl. The first-order chi connectivity index (χ1) is 15.6. The van der Waals surface area contributed by atoms with Crippen LogP contribution in [-0.4, -0.2) is 60.9 Å². The van der Waals surface area contributed by atoms with E-state index in [4.69, 9.17) is 9.72 Å². The number of carbonyl (C=O) groups excluding carboxylic acids is 1. The molecule has 0 N–H and O–H groups in total. The number of morpholine rings is 1. The van der Waals surface area contributed by atoms with Crippen LogP contribution in [0.4, 0.5) is 9.52 Å². The predicted molar refractivity (Wildman–Crippen MR) is 138 cm³/mol. The number of thiazole rings is 1. The van der Waals surface area contributed by atoms with Crippen LogP contribution in [0.3, 0.4) is 0 Å². The van der Waals surface area contributed by atoms with E-state index in [0.29, 0.717) is 18.7 Å². The molecule has 0 radical (unpaired) electrons. The summed E-state index contributed by atoms with van der Waals surface area (Å²) in [7, 11) is 0. The van der Waals surface area contributed by atoms with E-state index in [1.165, 1.54) is 12.1 Å². The van der Waals surface area contributed by atoms with Gasteiger partial charge in [-0.2, -0.15) is 0 Å². The van der Waals surface area contributed by atoms with Gasteiger partial charge < -0.3 is 4.74 Å². The number of halogens is 2. The molecule has 2 heterocycles. The second kappa shape index (κ2) is 12.7. The lowest BCUT2D eigenvalue weighted by molar-refractivity contribution is -0.118. The number of para-hydroxylation sites is 1. The summed E-state index contributed by atoms with van der Waals surface area (Å²) in [6, 6.07) is 12.5. The van der Waals surface area contributed by atoms with E-state index in [0.717, 1.165) is 65.1 Å². The average molecular weight is 510 g/mol. The molecule has 178 valence electrons. The van der Waals surface area contributed by atoms with Gasteiger partial charge in [-0.1, -0.05) is 23.5 Å². The van der Waals surface area contributed by atoms with Gasteiger partial charge in [0.15, 0.2) is 5.13 Å². The number of aromatic nitrogens is 1. The molecule has 0 spiro atoms. The van der Waals surface area contributed by atoms with E-state index in [1.807, 2.05) is 11.0 Å². The number of nitrogens with zero attached hydrogens (tertiary/aromatic N) is 3. The van der Waals surface area contributed by atoms with E-state index in [9.17, 15) is 9.18 Å². The number of amides is 1. The summed E-state index contributed by atoms with van der Waals surface area (Å²) in [5.74, 6) is 0.482. The first kappa shape index (κ1) is 25.9. The number of hydrogen-bond donors (Lipinski definition) is 0. The molecule has 0 bridgehead atoms. The molecule has 4 rings (SSSR count). The van der Waals surface area contributed by atoms with Gasteiger partial charge in [-0.15, -0.1) is 24.2 Å². The number of anilines is 1. The Hall–Kier alpha value is -1.71. The van der Waals surface area contributed by atoms with Gasteiger partial charge in [0.2, 0.25) is 5.91 Å². The molecule has 1 saturated heterocycles. The first-order valence-corrected chi connectivity index (χ1v) is 12.8. The third kappa shape index (κ3) is 7.13. The fourth-order valence-corrected chi connectivity index (χ4v) is 5.64. The number of benzene rings is 2. The summed E-state index contributed by atoms with van der Waals surface area (Å²) < 4.78 is 19.6. The number of aryl methyl sites for hydroxylation is 1. The number of hydrogen-bond acceptors (Lipinski definition) is 6. The van der Waals surface area contributed by atoms with Crippen LogP contribution in [0.5, 0.6) is 0 Å². The third-order valence-corrected chi connectivity index (χ3v) is 7.56. The van der Waals surface area contributed by atoms with Gasteiger partial charge >= 0.3 is 0 Å². The van der Waals surface area contributed by atoms with Crippen molar-refractivity contribution >= 4 is 56.8 Å². The maximum atomic E-state index is 13.2. The maximum absolute atomic E-state index is 13.2. The Morgan fingerprint density at radius 3 is 2.70 bits per heavy atom. The van der Waals surface area contributed by atoms with Gasteiger partial charge in [-0.05, 0) is 49.2 Å². The minimum Gasteiger partial charge on any atom is -0.379 e. The molecule has 5 nitrogen and oxygen atoms in total. The molecule has 2 aromatic carbocycles. The fourth-order valence-electron chi connectivity index (χ4n) is 3.72. The molecule has 0 saturated carbocycles. The summed E-state index contributed by atoms with van der Waals surface area (Å²) in [5.41, 5.74) is 2.09. The lowest BCUT2D eigenvalue weighted by Crippen LogP contribution is -2.39. The molecule has 3 aromatic rings. The van der Waals surface area contributed by atoms with Gasteiger partial charge in [-0.25, -0.2) is 9.37 Å². The fraction of sp³-hybridized carbons (Fsp3) is 0.417. The van der Waals surface area contributed by atoms with Crippen LogP contribution in [0.1, 0.15) is 18.4 Å². The van der Waals surface area contributed by atoms with Crippen molar-refractivity contribution in [3.63, 3.8) is 0 Å². The van der Waals surface area contributed by atoms with Crippen molar-refractivity contribution in [2.45, 2.75) is 24.7 Å². The highest BCUT2D eigenvalue weighted by atomic mass is 35.5. The molecule has 1 aliphatic heterocycles. The second-order valence-corrected chi connectivity index (χ2v) is 10.0. The van der Waals surface area contributed by atoms with Crippen LogP contribution in [0.2, 0.25) is 0 Å². The summed E-state index contributed by atoms with van der Waals surface area (Å²) >= 11 is 3.15. The Bertz CT molecular complexity index is 1040. The standard InChI is InChI=1S/C24H28FN3O2S2.ClH/c1-18-4-2-5-21-23(18)26-24(32-21)28(12-3-11-27-13-15-30-16-14-27)22(29)10-17-31-20-8-6-19(25)7-9-20;/h2,4-9H,3,10-17H2,1H3;1H. The topological polar surface area (TPSA) is 45.7 Å². The Labute approximate surface area is 208 Å². The minimum absolute atomic E-state index is 0. The van der Waals surface area contributed by atoms with E-state index >= 15 is 0 Å². The highest BCUT2D eigenvalue weighted by molar-refractivity contribution is 7.99. The molecule has 1 amide bonds. The van der Waals surface area contributed by atoms with Crippen molar-refractivity contribution in [1.82, 2.24) is 9.88 Å². The van der Waals surface area contributed by atoms with Crippen molar-refractivity contribution < 1.29 is 13.9 Å². The zero-order chi connectivity index (χ0) is 22.3. The van der Waals surface area contributed by atoms with Crippen LogP contribution in [0.15, 0.2) is 47.4 Å². The van der Waals surface area contributed by atoms with E-state index in [1.54, 1.807) is 35.2 Å². The predicted octanol–water partition coefficient (Wildman–Crippen LogP) is 5.40. The zero-order valence-corrected chi connectivity index (χ0v) is 21.1. The van der Waals surface area contributed by atoms with Crippen LogP contribution in [0.25, 0.3) is 10.2 Å². The van der Waals surface area contributed by atoms with E-state index in [2.05, 4.69) is 24.0 Å². The lowest BCUT2D eigenvalue weighted by Gasteiger charge is -2.27. The third-order valence-electron chi connectivity index (χ3n) is 5.50. The Kier molecular flexibility index (Phi) is 9.94. The van der Waals surface area contributed by atoms with E-state index in [-0.39, 0.29) is 24.1 Å². The Balaban J connectivity index is 0.00000306. The lowest BCUT2D eigenvalue weighted by atomic mass is 10.2. The van der Waals surface area contributed by atoms with Crippen molar-refractivity contribution in [3.8, 4) is 0 Å². The average Bonchev–Trinajstić information content (AvgIpc) is 3.24. The molecule has 1 aromatic heterocycles. The summed E-state index contributed by atoms with van der Waals surface area (Å²) in [4.78, 5) is 23.2. The van der Waals surface area contributed by atoms with Gasteiger partial charge in [0.25, 0.3) is 0 Å². The van der Waals surface area contributed by atoms with Gasteiger partial charge in [0.05, 0.1) is 23.4 Å². The molecule has 33 heavy (non-hydrogen) atoms. The summed E-state index contributed by atoms with van der Waals surface area (Å²) in [6.07, 6.45) is 1.31. The largest absolute Gasteiger partial charge is 0.379 e. The van der Waals surface area contributed by atoms with Crippen molar-refractivity contribution in [3.05, 3.63) is 53.8 Å². The first-order valence-electron chi connectivity index (χ1n) is 10.9. The van der Waals surface area contributed by atoms with Crippen molar-refractivity contribution in [2.24, 2.45) is 0 Å². The van der Waals surface area contributed by atoms with Crippen LogP contribution >= 0.6 is 35.5 Å². The molecule has 1 fully saturated rings. The number of fused-ring (bicyclic) bond motifs is 1. The maximum Gasteiger partial charge on any atom is 0.229 e. The van der Waals surface area contributed by atoms with Gasteiger partial charge in [0, 0.05) is 43.2 Å². The number of rotatable bonds is 9. The van der Waals surface area contributed by atoms with Crippen molar-refractivity contribution in [1.29, 1.82) is 0 Å². The Morgan fingerprint density at radius 2 is 1.97 bits per heavy atom. The number of thioether (sulfide) groups is 1.